The van der Waals surface area contributed by atoms with Crippen molar-refractivity contribution >= 4 is 0 Å². The highest BCUT2D eigenvalue weighted by molar-refractivity contribution is 5.44. The van der Waals surface area contributed by atoms with Gasteiger partial charge in [0.05, 0.1) is 60.4 Å². The molecule has 12 heteroatoms. The molecule has 376 valence electrons. The highest BCUT2D eigenvalue weighted by Crippen LogP contribution is 2.72. The SMILES string of the molecule is CC(C)CCC1([C@@H](C)[C@@]2(O)[C@@H](O)CC3C4CC=C5Cc6nc7c(nc6C[C@]5(C)C4CC[C@@]32C)C[C@@H]2CCC3C4=C[C@@H]5O[C@]6(O[C@](C)(CO)C[C@H]6O)[C@@H](C)[C@]5(O)[C@@]4(C)[C@H](O)CC3[C@@]2(C)C7)OCCO1. The lowest BCUT2D eigenvalue weighted by atomic mass is 9.44. The Kier molecular flexibility index (Phi) is 10.3. The van der Waals surface area contributed by atoms with Gasteiger partial charge in [0.2, 0.25) is 5.79 Å². The number of aliphatic hydroxyl groups excluding tert-OH is 4. The van der Waals surface area contributed by atoms with Gasteiger partial charge in [-0.1, -0.05) is 78.7 Å². The third kappa shape index (κ3) is 5.69. The van der Waals surface area contributed by atoms with Crippen molar-refractivity contribution in [2.75, 3.05) is 19.8 Å². The maximum atomic E-state index is 13.1. The Morgan fingerprint density at radius 2 is 1.53 bits per heavy atom. The van der Waals surface area contributed by atoms with Crippen LogP contribution in [0.3, 0.4) is 0 Å². The summed E-state index contributed by atoms with van der Waals surface area (Å²) in [5.74, 6) is -1.21. The third-order valence-corrected chi connectivity index (χ3v) is 23.4. The second kappa shape index (κ2) is 14.9. The van der Waals surface area contributed by atoms with E-state index in [1.165, 1.54) is 5.57 Å². The van der Waals surface area contributed by atoms with Crippen molar-refractivity contribution in [3.05, 3.63) is 46.1 Å². The summed E-state index contributed by atoms with van der Waals surface area (Å²) >= 11 is 0. The van der Waals surface area contributed by atoms with Crippen LogP contribution in [0.15, 0.2) is 23.3 Å². The van der Waals surface area contributed by atoms with Gasteiger partial charge in [0.15, 0.2) is 5.79 Å². The summed E-state index contributed by atoms with van der Waals surface area (Å²) in [7, 11) is 0. The molecular formula is C56H82N2O10. The number of allylic oxidation sites excluding steroid dienone is 2. The molecule has 4 heterocycles. The summed E-state index contributed by atoms with van der Waals surface area (Å²) in [6.45, 7) is 20.1. The van der Waals surface area contributed by atoms with Crippen molar-refractivity contribution in [3.8, 4) is 0 Å². The Morgan fingerprint density at radius 3 is 2.24 bits per heavy atom. The molecule has 1 spiro atoms. The van der Waals surface area contributed by atoms with E-state index >= 15 is 0 Å². The maximum absolute atomic E-state index is 13.1. The largest absolute Gasteiger partial charge is 0.393 e. The Labute approximate surface area is 404 Å². The molecule has 1 aromatic heterocycles. The van der Waals surface area contributed by atoms with E-state index in [1.54, 1.807) is 6.92 Å². The monoisotopic (exact) mass is 943 g/mol. The van der Waals surface area contributed by atoms with Gasteiger partial charge < -0.3 is 49.6 Å². The predicted octanol–water partition coefficient (Wildman–Crippen LogP) is 6.32. The Balaban J connectivity index is 0.798. The third-order valence-electron chi connectivity index (χ3n) is 23.4. The summed E-state index contributed by atoms with van der Waals surface area (Å²) in [5, 5.41) is 72.1. The smallest absolute Gasteiger partial charge is 0.201 e. The van der Waals surface area contributed by atoms with Crippen molar-refractivity contribution in [1.82, 2.24) is 9.97 Å². The number of rotatable bonds is 6. The zero-order chi connectivity index (χ0) is 48.1. The average Bonchev–Trinajstić information content (AvgIpc) is 4.04. The van der Waals surface area contributed by atoms with Crippen molar-refractivity contribution in [2.45, 2.75) is 205 Å². The van der Waals surface area contributed by atoms with Crippen LogP contribution in [0.1, 0.15) is 149 Å². The molecule has 12 rings (SSSR count). The second-order valence-electron chi connectivity index (χ2n) is 26.5. The lowest BCUT2D eigenvalue weighted by molar-refractivity contribution is -0.280. The number of fused-ring (bicyclic) bond motifs is 14. The molecule has 1 aromatic rings. The van der Waals surface area contributed by atoms with Gasteiger partial charge in [-0.25, -0.2) is 0 Å². The second-order valence-corrected chi connectivity index (χ2v) is 26.5. The van der Waals surface area contributed by atoms with E-state index in [0.717, 1.165) is 92.6 Å². The molecule has 11 aliphatic rings. The lowest BCUT2D eigenvalue weighted by Crippen LogP contribution is -2.65. The first-order chi connectivity index (χ1) is 32.0. The van der Waals surface area contributed by atoms with Gasteiger partial charge in [0, 0.05) is 48.3 Å². The normalized spacial score (nSPS) is 53.0. The number of aromatic nitrogens is 2. The Hall–Kier alpha value is -1.84. The summed E-state index contributed by atoms with van der Waals surface area (Å²) in [6.07, 6.45) is 12.3. The van der Waals surface area contributed by atoms with Crippen LogP contribution in [-0.4, -0.2) is 113 Å². The van der Waals surface area contributed by atoms with Crippen molar-refractivity contribution in [1.29, 1.82) is 0 Å². The molecule has 20 atom stereocenters. The molecule has 3 aliphatic heterocycles. The minimum absolute atomic E-state index is 0.0710. The topological polar surface area (TPSA) is 184 Å². The van der Waals surface area contributed by atoms with E-state index in [9.17, 15) is 30.6 Å². The molecule has 3 saturated heterocycles. The van der Waals surface area contributed by atoms with E-state index in [-0.39, 0.29) is 47.5 Å². The molecule has 0 bridgehead atoms. The minimum Gasteiger partial charge on any atom is -0.393 e. The van der Waals surface area contributed by atoms with Crippen LogP contribution in [0.5, 0.6) is 0 Å². The standard InChI is InChI=1S/C56H82N2O10/c1-29(2)14-17-53(65-18-19-66-53)30(3)54(63)45(61)23-38-34-12-10-32-20-40-42(25-49(32,6)36(34)15-16-51(38,54)8)57-41-21-33-11-13-35-37(50(33,7)26-43(41)58-40)22-44(60)52(9)39(35)24-47-55(52,64)31(4)56(67-47)46(62)27-48(5,28-59)68-56/h10,24,29-31,33-38,44-47,59-64H,11-23,25-28H2,1-9H3/t30-,31+,33+,34?,35?,36?,37?,38?,44-,45+,46-,47+,48+,49+,50+,51+,52-,54-,55-,56+/m1/s1. The fourth-order valence-corrected chi connectivity index (χ4v) is 19.3. The molecule has 0 radical (unpaired) electrons. The van der Waals surface area contributed by atoms with Gasteiger partial charge >= 0.3 is 0 Å². The first kappa shape index (κ1) is 47.2. The van der Waals surface area contributed by atoms with Gasteiger partial charge in [-0.3, -0.25) is 9.97 Å². The van der Waals surface area contributed by atoms with Crippen LogP contribution in [0, 0.1) is 74.9 Å². The van der Waals surface area contributed by atoms with Crippen LogP contribution < -0.4 is 0 Å². The van der Waals surface area contributed by atoms with E-state index in [1.807, 2.05) is 13.8 Å². The maximum Gasteiger partial charge on any atom is 0.201 e. The molecular weight excluding hydrogens is 861 g/mol. The quantitative estimate of drug-likeness (QED) is 0.175. The predicted molar refractivity (Wildman–Crippen MR) is 252 cm³/mol. The molecule has 68 heavy (non-hydrogen) atoms. The number of aliphatic hydroxyl groups is 6. The first-order valence-electron chi connectivity index (χ1n) is 27.0. The fraction of sp³-hybridized carbons (Fsp3) is 0.857. The average molecular weight is 943 g/mol. The Bertz CT molecular complexity index is 2320. The van der Waals surface area contributed by atoms with Crippen LogP contribution in [0.25, 0.3) is 0 Å². The highest BCUT2D eigenvalue weighted by Gasteiger charge is 2.79. The zero-order valence-electron chi connectivity index (χ0n) is 42.4. The van der Waals surface area contributed by atoms with Crippen molar-refractivity contribution in [3.63, 3.8) is 0 Å². The number of nitrogens with zero attached hydrogens (tertiary/aromatic N) is 2. The summed E-state index contributed by atoms with van der Waals surface area (Å²) in [4.78, 5) is 11.2. The van der Waals surface area contributed by atoms with Gasteiger partial charge in [0.25, 0.3) is 0 Å². The van der Waals surface area contributed by atoms with Crippen LogP contribution in [-0.2, 0) is 44.6 Å². The number of hydrogen-bond acceptors (Lipinski definition) is 12. The van der Waals surface area contributed by atoms with E-state index in [4.69, 9.17) is 28.9 Å². The number of ether oxygens (including phenoxy) is 4. The van der Waals surface area contributed by atoms with Crippen LogP contribution in [0.4, 0.5) is 0 Å². The van der Waals surface area contributed by atoms with Crippen LogP contribution in [0.2, 0.25) is 0 Å². The molecule has 12 nitrogen and oxygen atoms in total. The van der Waals surface area contributed by atoms with Gasteiger partial charge in [-0.05, 0) is 123 Å². The van der Waals surface area contributed by atoms with Gasteiger partial charge in [-0.2, -0.15) is 0 Å². The lowest BCUT2D eigenvalue weighted by Gasteiger charge is -2.61. The summed E-state index contributed by atoms with van der Waals surface area (Å²) in [6, 6.07) is 0. The first-order valence-corrected chi connectivity index (χ1v) is 27.0. The zero-order valence-corrected chi connectivity index (χ0v) is 42.4. The van der Waals surface area contributed by atoms with Gasteiger partial charge in [-0.15, -0.1) is 0 Å². The van der Waals surface area contributed by atoms with Crippen molar-refractivity contribution in [2.24, 2.45) is 74.9 Å². The highest BCUT2D eigenvalue weighted by atomic mass is 16.7. The van der Waals surface area contributed by atoms with Gasteiger partial charge in [0.1, 0.15) is 23.4 Å². The van der Waals surface area contributed by atoms with Crippen LogP contribution >= 0.6 is 0 Å². The minimum atomic E-state index is -1.49. The molecule has 6 N–H and O–H groups in total. The molecule has 4 saturated carbocycles. The van der Waals surface area contributed by atoms with E-state index in [2.05, 4.69) is 53.7 Å². The fourth-order valence-electron chi connectivity index (χ4n) is 19.3. The molecule has 7 fully saturated rings. The summed E-state index contributed by atoms with van der Waals surface area (Å²) < 4.78 is 25.9. The molecule has 5 unspecified atom stereocenters. The van der Waals surface area contributed by atoms with Crippen molar-refractivity contribution < 1.29 is 49.6 Å². The number of hydrogen-bond donors (Lipinski definition) is 6. The molecule has 0 aromatic carbocycles. The summed E-state index contributed by atoms with van der Waals surface area (Å²) in [5.41, 5.74) is 1.63. The van der Waals surface area contributed by atoms with E-state index in [0.29, 0.717) is 56.1 Å². The Morgan fingerprint density at radius 1 is 0.824 bits per heavy atom. The van der Waals surface area contributed by atoms with E-state index < -0.39 is 69.5 Å². The molecule has 0 amide bonds. The molecule has 8 aliphatic carbocycles.